The summed E-state index contributed by atoms with van der Waals surface area (Å²) in [6, 6.07) is 6.33. The molecule has 4 aliphatic carbocycles. The van der Waals surface area contributed by atoms with Crippen LogP contribution in [-0.4, -0.2) is 35.2 Å². The van der Waals surface area contributed by atoms with Crippen LogP contribution < -0.4 is 9.80 Å². The third kappa shape index (κ3) is 2.16. The van der Waals surface area contributed by atoms with E-state index in [9.17, 15) is 28.8 Å². The molecule has 0 N–H and O–H groups in total. The van der Waals surface area contributed by atoms with E-state index in [2.05, 4.69) is 0 Å². The summed E-state index contributed by atoms with van der Waals surface area (Å²) < 4.78 is 0. The van der Waals surface area contributed by atoms with Crippen LogP contribution in [0.5, 0.6) is 0 Å². The molecule has 0 aromatic heterocycles. The highest BCUT2D eigenvalue weighted by Gasteiger charge is 2.75. The van der Waals surface area contributed by atoms with E-state index in [1.165, 1.54) is 9.80 Å². The first kappa shape index (κ1) is 22.1. The number of rotatable bonds is 2. The fourth-order valence-electron chi connectivity index (χ4n) is 9.43. The van der Waals surface area contributed by atoms with Crippen molar-refractivity contribution in [3.63, 3.8) is 0 Å². The van der Waals surface area contributed by atoms with Crippen molar-refractivity contribution >= 4 is 46.6 Å². The zero-order chi connectivity index (χ0) is 25.7. The van der Waals surface area contributed by atoms with Gasteiger partial charge in [0, 0.05) is 23.7 Å². The fraction of sp³-hybridized carbons (Fsp3) is 0.571. The van der Waals surface area contributed by atoms with E-state index in [1.807, 2.05) is 27.7 Å². The number of fused-ring (bicyclic) bond motifs is 10. The summed E-state index contributed by atoms with van der Waals surface area (Å²) in [6.45, 7) is 7.48. The van der Waals surface area contributed by atoms with Gasteiger partial charge in [-0.25, -0.2) is 0 Å². The van der Waals surface area contributed by atoms with Crippen molar-refractivity contribution in [2.75, 3.05) is 9.80 Å². The van der Waals surface area contributed by atoms with Gasteiger partial charge in [0.1, 0.15) is 11.6 Å². The number of nitrogens with zero attached hydrogens (tertiary/aromatic N) is 2. The summed E-state index contributed by atoms with van der Waals surface area (Å²) in [5.74, 6) is -3.48. The van der Waals surface area contributed by atoms with Gasteiger partial charge in [-0.3, -0.25) is 38.6 Å². The van der Waals surface area contributed by atoms with Gasteiger partial charge >= 0.3 is 0 Å². The van der Waals surface area contributed by atoms with Crippen molar-refractivity contribution in [1.82, 2.24) is 0 Å². The van der Waals surface area contributed by atoms with Gasteiger partial charge in [0.25, 0.3) is 0 Å². The number of ketones is 2. The number of hydrogen-bond acceptors (Lipinski definition) is 6. The van der Waals surface area contributed by atoms with Crippen molar-refractivity contribution in [1.29, 1.82) is 0 Å². The molecule has 186 valence electrons. The number of amides is 4. The van der Waals surface area contributed by atoms with Crippen molar-refractivity contribution in [2.24, 2.45) is 45.3 Å². The molecule has 0 radical (unpaired) electrons. The highest BCUT2D eigenvalue weighted by Crippen LogP contribution is 2.69. The molecule has 8 atom stereocenters. The summed E-state index contributed by atoms with van der Waals surface area (Å²) in [5.41, 5.74) is -1.89. The summed E-state index contributed by atoms with van der Waals surface area (Å²) >= 11 is 0. The zero-order valence-electron chi connectivity index (χ0n) is 20.8. The third-order valence-corrected chi connectivity index (χ3v) is 10.8. The average Bonchev–Trinajstić information content (AvgIpc) is 3.50. The van der Waals surface area contributed by atoms with Gasteiger partial charge in [0.05, 0.1) is 35.0 Å². The van der Waals surface area contributed by atoms with E-state index in [1.54, 1.807) is 24.3 Å². The lowest BCUT2D eigenvalue weighted by Crippen LogP contribution is -2.40. The number of benzene rings is 1. The topological polar surface area (TPSA) is 109 Å². The van der Waals surface area contributed by atoms with Crippen molar-refractivity contribution in [2.45, 2.75) is 53.4 Å². The molecule has 6 fully saturated rings. The predicted molar refractivity (Wildman–Crippen MR) is 126 cm³/mol. The molecule has 2 saturated heterocycles. The van der Waals surface area contributed by atoms with Crippen LogP contribution in [0.2, 0.25) is 0 Å². The number of anilines is 2. The Kier molecular flexibility index (Phi) is 3.70. The lowest BCUT2D eigenvalue weighted by molar-refractivity contribution is -0.138. The van der Waals surface area contributed by atoms with Gasteiger partial charge in [-0.05, 0) is 47.9 Å². The molecule has 36 heavy (non-hydrogen) atoms. The Morgan fingerprint density at radius 2 is 0.861 bits per heavy atom. The Labute approximate surface area is 208 Å². The van der Waals surface area contributed by atoms with Crippen molar-refractivity contribution < 1.29 is 28.8 Å². The van der Waals surface area contributed by atoms with Gasteiger partial charge in [-0.1, -0.05) is 27.7 Å². The lowest BCUT2D eigenvalue weighted by atomic mass is 9.68. The fourth-order valence-corrected chi connectivity index (χ4v) is 9.43. The molecule has 4 saturated carbocycles. The van der Waals surface area contributed by atoms with Crippen LogP contribution >= 0.6 is 0 Å². The van der Waals surface area contributed by atoms with Crippen LogP contribution in [0.15, 0.2) is 24.3 Å². The van der Waals surface area contributed by atoms with Gasteiger partial charge in [0.15, 0.2) is 0 Å². The second kappa shape index (κ2) is 6.03. The molecule has 2 heterocycles. The van der Waals surface area contributed by atoms with E-state index in [0.29, 0.717) is 37.1 Å². The monoisotopic (exact) mass is 488 g/mol. The van der Waals surface area contributed by atoms with Gasteiger partial charge in [0.2, 0.25) is 23.6 Å². The average molecular weight is 489 g/mol. The van der Waals surface area contributed by atoms with Crippen LogP contribution in [0, 0.1) is 45.3 Å². The van der Waals surface area contributed by atoms with Gasteiger partial charge in [-0.15, -0.1) is 0 Å². The predicted octanol–water partition coefficient (Wildman–Crippen LogP) is 2.68. The lowest BCUT2D eigenvalue weighted by Gasteiger charge is -2.30. The van der Waals surface area contributed by atoms with Gasteiger partial charge in [-0.2, -0.15) is 0 Å². The van der Waals surface area contributed by atoms with Crippen molar-refractivity contribution in [3.8, 4) is 0 Å². The molecule has 7 rings (SSSR count). The Morgan fingerprint density at radius 1 is 0.556 bits per heavy atom. The third-order valence-electron chi connectivity index (χ3n) is 10.8. The first-order chi connectivity index (χ1) is 16.8. The minimum Gasteiger partial charge on any atom is -0.299 e. The second-order valence-corrected chi connectivity index (χ2v) is 13.1. The molecule has 6 aliphatic rings. The zero-order valence-corrected chi connectivity index (χ0v) is 20.8. The van der Waals surface area contributed by atoms with Crippen molar-refractivity contribution in [3.05, 3.63) is 24.3 Å². The number of Topliss-reactive ketones (excluding diaryl/α,β-unsaturated/α-hetero) is 2. The van der Waals surface area contributed by atoms with E-state index in [0.717, 1.165) is 0 Å². The maximum Gasteiger partial charge on any atom is 0.238 e. The van der Waals surface area contributed by atoms with Crippen LogP contribution in [0.1, 0.15) is 53.4 Å². The first-order valence-electron chi connectivity index (χ1n) is 12.7. The van der Waals surface area contributed by atoms with E-state index in [4.69, 9.17) is 0 Å². The molecule has 4 amide bonds. The standard InChI is InChI=1S/C28H28N2O6/c1-25-9-15(31)27(3,11-25)19-17(25)21(33)29(23(19)35)13-5-7-14(8-6-13)30-22(34)18-20(24(30)36)28(4)12-26(18,2)10-16(28)32/h5-8,17-20H,9-12H2,1-4H3/t17-,18+,19+,20-,25-,26-,27-,28+/m1/s1. The Bertz CT molecular complexity index is 1260. The highest BCUT2D eigenvalue weighted by molar-refractivity contribution is 6.26. The van der Waals surface area contributed by atoms with Crippen LogP contribution in [0.25, 0.3) is 0 Å². The van der Waals surface area contributed by atoms with Gasteiger partial charge < -0.3 is 0 Å². The number of carbonyl (C=O) groups excluding carboxylic acids is 6. The second-order valence-electron chi connectivity index (χ2n) is 13.1. The maximum absolute atomic E-state index is 13.4. The minimum atomic E-state index is -0.809. The molecular formula is C28H28N2O6. The number of carbonyl (C=O) groups is 6. The largest absolute Gasteiger partial charge is 0.299 e. The molecule has 4 bridgehead atoms. The Balaban J connectivity index is 1.21. The maximum atomic E-state index is 13.4. The normalized spacial score (nSPS) is 46.6. The highest BCUT2D eigenvalue weighted by atomic mass is 16.2. The molecule has 0 spiro atoms. The summed E-state index contributed by atoms with van der Waals surface area (Å²) in [6.07, 6.45) is 1.75. The molecule has 1 aromatic rings. The SMILES string of the molecule is C[C@@]12CC(=O)[C@](C)(C1)[C@H]1C(=O)N(c3ccc(N4C(=O)[C@@H]5[C@H](C4=O)[C@]4(C)CC(=O)[C@@]5(C)C4)cc3)C(=O)[C@H]12. The van der Waals surface area contributed by atoms with Crippen LogP contribution in [-0.2, 0) is 28.8 Å². The van der Waals surface area contributed by atoms with E-state index < -0.39 is 45.3 Å². The summed E-state index contributed by atoms with van der Waals surface area (Å²) in [7, 11) is 0. The van der Waals surface area contributed by atoms with E-state index >= 15 is 0 Å². The number of imide groups is 2. The molecule has 0 unspecified atom stereocenters. The molecule has 8 heteroatoms. The molecule has 8 nitrogen and oxygen atoms in total. The molecule has 2 aliphatic heterocycles. The quantitative estimate of drug-likeness (QED) is 0.592. The Morgan fingerprint density at radius 3 is 1.19 bits per heavy atom. The molecular weight excluding hydrogens is 460 g/mol. The summed E-state index contributed by atoms with van der Waals surface area (Å²) in [4.78, 5) is 81.5. The van der Waals surface area contributed by atoms with E-state index in [-0.39, 0.29) is 35.2 Å². The number of hydrogen-bond donors (Lipinski definition) is 0. The first-order valence-corrected chi connectivity index (χ1v) is 12.7. The van der Waals surface area contributed by atoms with Crippen LogP contribution in [0.4, 0.5) is 11.4 Å². The smallest absolute Gasteiger partial charge is 0.238 e. The summed E-state index contributed by atoms with van der Waals surface area (Å²) in [5, 5.41) is 0. The van der Waals surface area contributed by atoms with Crippen LogP contribution in [0.3, 0.4) is 0 Å². The Hall–Kier alpha value is -3.16. The molecule has 1 aromatic carbocycles. The minimum absolute atomic E-state index is 0.0519.